The van der Waals surface area contributed by atoms with Crippen LogP contribution >= 0.6 is 0 Å². The Morgan fingerprint density at radius 1 is 1.24 bits per heavy atom. The summed E-state index contributed by atoms with van der Waals surface area (Å²) in [6.45, 7) is 11.1. The van der Waals surface area contributed by atoms with Crippen LogP contribution in [0.3, 0.4) is 0 Å². The monoisotopic (exact) mass is 420 g/mol. The largest absolute Gasteiger partial charge is 0.396 e. The van der Waals surface area contributed by atoms with Crippen LogP contribution in [0.2, 0.25) is 6.04 Å². The number of ether oxygens (including phenoxy) is 1. The highest BCUT2D eigenvalue weighted by atomic mass is 28.4. The number of methoxy groups -OCH3 is 1. The lowest BCUT2D eigenvalue weighted by Gasteiger charge is -2.52. The Morgan fingerprint density at radius 3 is 2.48 bits per heavy atom. The molecule has 2 atom stereocenters. The molecule has 0 radical (unpaired) electrons. The molecule has 1 aromatic rings. The number of nitrogens with one attached hydrogen (secondary N) is 1. The predicted octanol–water partition coefficient (Wildman–Crippen LogP) is 4.23. The van der Waals surface area contributed by atoms with Crippen molar-refractivity contribution in [3.8, 4) is 0 Å². The number of benzene rings is 1. The summed E-state index contributed by atoms with van der Waals surface area (Å²) in [4.78, 5) is 2.33. The maximum Gasteiger partial charge on any atom is 0.372 e. The summed E-state index contributed by atoms with van der Waals surface area (Å²) in [5.41, 5.74) is 2.39. The Hall–Kier alpha value is -1.18. The van der Waals surface area contributed by atoms with Crippen molar-refractivity contribution in [3.05, 3.63) is 48.2 Å². The molecule has 164 valence electrons. The van der Waals surface area contributed by atoms with Crippen molar-refractivity contribution in [3.63, 3.8) is 0 Å². The average molecular weight is 421 g/mol. The fraction of sp³-hybridized carbons (Fsp3) is 0.652. The fourth-order valence-electron chi connectivity index (χ4n) is 4.87. The predicted molar refractivity (Wildman–Crippen MR) is 122 cm³/mol. The molecule has 1 heterocycles. The second-order valence-corrected chi connectivity index (χ2v) is 11.7. The smallest absolute Gasteiger partial charge is 0.372 e. The lowest BCUT2D eigenvalue weighted by Crippen LogP contribution is -2.73. The molecule has 1 aliphatic heterocycles. The van der Waals surface area contributed by atoms with Crippen LogP contribution < -0.4 is 5.32 Å². The highest BCUT2D eigenvalue weighted by molar-refractivity contribution is 6.71. The first-order valence-corrected chi connectivity index (χ1v) is 12.8. The zero-order valence-electron chi connectivity index (χ0n) is 19.0. The third-order valence-corrected chi connectivity index (χ3v) is 10.8. The summed E-state index contributed by atoms with van der Waals surface area (Å²) in [7, 11) is 2.95. The van der Waals surface area contributed by atoms with Crippen LogP contribution in [0.5, 0.6) is 0 Å². The van der Waals surface area contributed by atoms with Crippen LogP contribution in [-0.2, 0) is 20.1 Å². The molecule has 1 aliphatic rings. The van der Waals surface area contributed by atoms with Crippen molar-refractivity contribution in [1.82, 2.24) is 10.2 Å². The van der Waals surface area contributed by atoms with Crippen LogP contribution in [0.25, 0.3) is 0 Å². The van der Waals surface area contributed by atoms with Crippen LogP contribution in [0.1, 0.15) is 45.1 Å². The first-order chi connectivity index (χ1) is 14.0. The van der Waals surface area contributed by atoms with Gasteiger partial charge in [-0.15, -0.1) is 0 Å². The third kappa shape index (κ3) is 5.30. The molecule has 0 aliphatic carbocycles. The van der Waals surface area contributed by atoms with E-state index < -0.39 is 8.56 Å². The maximum absolute atomic E-state index is 6.25. The van der Waals surface area contributed by atoms with E-state index in [-0.39, 0.29) is 11.3 Å². The third-order valence-electron chi connectivity index (χ3n) is 6.38. The molecule has 1 aromatic carbocycles. The summed E-state index contributed by atoms with van der Waals surface area (Å²) in [5.74, 6) is 0. The molecule has 0 amide bonds. The van der Waals surface area contributed by atoms with Gasteiger partial charge in [-0.1, -0.05) is 50.3 Å². The summed E-state index contributed by atoms with van der Waals surface area (Å²) in [6, 6.07) is 11.8. The van der Waals surface area contributed by atoms with Gasteiger partial charge in [0.15, 0.2) is 0 Å². The van der Waals surface area contributed by atoms with E-state index in [1.807, 2.05) is 7.11 Å². The second kappa shape index (κ2) is 11.3. The van der Waals surface area contributed by atoms with E-state index >= 15 is 0 Å². The molecular weight excluding hydrogens is 380 g/mol. The lowest BCUT2D eigenvalue weighted by atomic mass is 9.99. The highest BCUT2D eigenvalue weighted by Gasteiger charge is 2.62. The van der Waals surface area contributed by atoms with E-state index in [9.17, 15) is 0 Å². The molecule has 0 spiro atoms. The SMILES string of the molecule is C=C(C)N(CCNC1CCC[Si](OC)(OC)C1(CCC)OC)Cc1ccccc1. The normalized spacial score (nSPS) is 23.7. The zero-order valence-corrected chi connectivity index (χ0v) is 20.0. The summed E-state index contributed by atoms with van der Waals surface area (Å²) < 4.78 is 18.4. The van der Waals surface area contributed by atoms with Gasteiger partial charge in [-0.3, -0.25) is 0 Å². The van der Waals surface area contributed by atoms with Crippen molar-refractivity contribution >= 4 is 8.56 Å². The second-order valence-electron chi connectivity index (χ2n) is 8.05. The topological polar surface area (TPSA) is 43.0 Å². The van der Waals surface area contributed by atoms with Gasteiger partial charge in [0.25, 0.3) is 0 Å². The Morgan fingerprint density at radius 2 is 1.93 bits per heavy atom. The van der Waals surface area contributed by atoms with E-state index in [4.69, 9.17) is 13.6 Å². The van der Waals surface area contributed by atoms with E-state index in [1.165, 1.54) is 5.56 Å². The maximum atomic E-state index is 6.25. The minimum absolute atomic E-state index is 0.233. The first-order valence-electron chi connectivity index (χ1n) is 10.8. The molecule has 6 heteroatoms. The van der Waals surface area contributed by atoms with E-state index in [0.29, 0.717) is 0 Å². The molecule has 0 aromatic heterocycles. The molecule has 29 heavy (non-hydrogen) atoms. The zero-order chi connectivity index (χ0) is 21.3. The van der Waals surface area contributed by atoms with Gasteiger partial charge < -0.3 is 23.8 Å². The summed E-state index contributed by atoms with van der Waals surface area (Å²) in [5, 5.41) is 3.45. The molecule has 2 rings (SSSR count). The van der Waals surface area contributed by atoms with Crippen LogP contribution in [0.15, 0.2) is 42.6 Å². The molecular formula is C23H40N2O3Si. The average Bonchev–Trinajstić information content (AvgIpc) is 2.74. The standard InChI is InChI=1S/C23H40N2O3Si/c1-7-15-23(26-4)22(14-11-18-29(23,27-5)28-6)24-16-17-25(20(2)3)19-21-12-9-8-10-13-21/h8-10,12-13,22,24H,2,7,11,14-19H2,1,3-6H3. The number of hydrogen-bond donors (Lipinski definition) is 1. The van der Waals surface area contributed by atoms with Crippen LogP contribution in [0, 0.1) is 0 Å². The van der Waals surface area contributed by atoms with Gasteiger partial charge in [-0.2, -0.15) is 0 Å². The van der Waals surface area contributed by atoms with Crippen molar-refractivity contribution in [2.45, 2.75) is 63.4 Å². The van der Waals surface area contributed by atoms with Gasteiger partial charge in [0, 0.05) is 52.7 Å². The van der Waals surface area contributed by atoms with Crippen molar-refractivity contribution in [1.29, 1.82) is 0 Å². The Balaban J connectivity index is 2.08. The van der Waals surface area contributed by atoms with Crippen LogP contribution in [0.4, 0.5) is 0 Å². The summed E-state index contributed by atoms with van der Waals surface area (Å²) in [6.07, 6.45) is 4.18. The molecule has 2 unspecified atom stereocenters. The number of nitrogens with zero attached hydrogens (tertiary/aromatic N) is 1. The number of rotatable bonds is 12. The first kappa shape index (κ1) is 24.1. The van der Waals surface area contributed by atoms with Crippen LogP contribution in [-0.4, -0.2) is 59.1 Å². The van der Waals surface area contributed by atoms with Gasteiger partial charge in [0.2, 0.25) is 0 Å². The van der Waals surface area contributed by atoms with Gasteiger partial charge >= 0.3 is 8.56 Å². The molecule has 0 bridgehead atoms. The van der Waals surface area contributed by atoms with E-state index in [2.05, 4.69) is 61.0 Å². The highest BCUT2D eigenvalue weighted by Crippen LogP contribution is 2.43. The fourth-order valence-corrected chi connectivity index (χ4v) is 8.95. The molecule has 5 nitrogen and oxygen atoms in total. The molecule has 1 fully saturated rings. The molecule has 1 N–H and O–H groups in total. The van der Waals surface area contributed by atoms with Gasteiger partial charge in [-0.25, -0.2) is 0 Å². The van der Waals surface area contributed by atoms with E-state index in [0.717, 1.165) is 57.1 Å². The van der Waals surface area contributed by atoms with Crippen molar-refractivity contribution < 1.29 is 13.6 Å². The Labute approximate surface area is 178 Å². The van der Waals surface area contributed by atoms with Gasteiger partial charge in [0.1, 0.15) is 5.22 Å². The number of allylic oxidation sites excluding steroid dienone is 1. The molecule has 1 saturated heterocycles. The minimum atomic E-state index is -2.47. The lowest BCUT2D eigenvalue weighted by molar-refractivity contribution is -0.0374. The Bertz CT molecular complexity index is 624. The molecule has 0 saturated carbocycles. The van der Waals surface area contributed by atoms with Crippen molar-refractivity contribution in [2.75, 3.05) is 34.4 Å². The minimum Gasteiger partial charge on any atom is -0.396 e. The summed E-state index contributed by atoms with van der Waals surface area (Å²) >= 11 is 0. The Kier molecular flexibility index (Phi) is 9.37. The van der Waals surface area contributed by atoms with Crippen molar-refractivity contribution in [2.24, 2.45) is 0 Å². The van der Waals surface area contributed by atoms with Gasteiger partial charge in [0.05, 0.1) is 0 Å². The van der Waals surface area contributed by atoms with E-state index in [1.54, 1.807) is 14.2 Å². The number of hydrogen-bond acceptors (Lipinski definition) is 5. The quantitative estimate of drug-likeness (QED) is 0.513. The van der Waals surface area contributed by atoms with Gasteiger partial charge in [-0.05, 0) is 37.8 Å².